The second-order valence-corrected chi connectivity index (χ2v) is 5.92. The van der Waals surface area contributed by atoms with Gasteiger partial charge in [-0.1, -0.05) is 19.3 Å². The van der Waals surface area contributed by atoms with E-state index in [9.17, 15) is 0 Å². The molecule has 0 aromatic carbocycles. The molecule has 3 heteroatoms. The fourth-order valence-corrected chi connectivity index (χ4v) is 4.17. The molecule has 0 amide bonds. The fraction of sp³-hybridized carbons (Fsp3) is 1.00. The maximum atomic E-state index is 5.86. The van der Waals surface area contributed by atoms with Crippen LogP contribution in [0.2, 0.25) is 0 Å². The second-order valence-electron chi connectivity index (χ2n) is 4.20. The molecule has 2 aliphatic rings. The molecule has 0 N–H and O–H groups in total. The van der Waals surface area contributed by atoms with Gasteiger partial charge in [0.25, 0.3) is 0 Å². The van der Waals surface area contributed by atoms with Gasteiger partial charge >= 0.3 is 0 Å². The zero-order valence-corrected chi connectivity index (χ0v) is 9.43. The Kier molecular flexibility index (Phi) is 3.23. The van der Waals surface area contributed by atoms with Gasteiger partial charge in [-0.3, -0.25) is 0 Å². The zero-order chi connectivity index (χ0) is 9.26. The Hall–Kier alpha value is 0.350. The Morgan fingerprint density at radius 1 is 0.923 bits per heavy atom. The molecule has 1 heterocycles. The maximum absolute atomic E-state index is 5.86. The van der Waals surface area contributed by atoms with E-state index in [2.05, 4.69) is 13.8 Å². The van der Waals surface area contributed by atoms with Gasteiger partial charge in [-0.05, 0) is 26.7 Å². The van der Waals surface area contributed by atoms with Gasteiger partial charge in [0.2, 0.25) is 0 Å². The van der Waals surface area contributed by atoms with Gasteiger partial charge < -0.3 is 9.05 Å². The lowest BCUT2D eigenvalue weighted by Crippen LogP contribution is -2.13. The topological polar surface area (TPSA) is 18.5 Å². The minimum Gasteiger partial charge on any atom is -0.328 e. The zero-order valence-electron chi connectivity index (χ0n) is 8.53. The molecular weight excluding hydrogens is 183 g/mol. The average molecular weight is 202 g/mol. The van der Waals surface area contributed by atoms with Gasteiger partial charge in [0.15, 0.2) is 8.38 Å². The highest BCUT2D eigenvalue weighted by Crippen LogP contribution is 2.55. The first-order valence-electron chi connectivity index (χ1n) is 5.40. The van der Waals surface area contributed by atoms with Crippen LogP contribution in [-0.4, -0.2) is 17.9 Å². The van der Waals surface area contributed by atoms with Crippen molar-refractivity contribution in [3.63, 3.8) is 0 Å². The van der Waals surface area contributed by atoms with E-state index in [1.165, 1.54) is 32.1 Å². The monoisotopic (exact) mass is 202 g/mol. The fourth-order valence-electron chi connectivity index (χ4n) is 1.99. The van der Waals surface area contributed by atoms with E-state index < -0.39 is 8.38 Å². The highest BCUT2D eigenvalue weighted by molar-refractivity contribution is 7.48. The van der Waals surface area contributed by atoms with E-state index in [4.69, 9.17) is 9.05 Å². The molecule has 2 fully saturated rings. The van der Waals surface area contributed by atoms with Crippen molar-refractivity contribution in [2.24, 2.45) is 0 Å². The van der Waals surface area contributed by atoms with Gasteiger partial charge in [-0.25, -0.2) is 0 Å². The SMILES string of the molecule is CC1OP(C2CCCCC2)OC1C. The van der Waals surface area contributed by atoms with E-state index in [-0.39, 0.29) is 0 Å². The third-order valence-electron chi connectivity index (χ3n) is 3.07. The van der Waals surface area contributed by atoms with Crippen LogP contribution in [0.5, 0.6) is 0 Å². The van der Waals surface area contributed by atoms with Crippen molar-refractivity contribution in [1.82, 2.24) is 0 Å². The molecule has 1 saturated carbocycles. The van der Waals surface area contributed by atoms with Crippen molar-refractivity contribution in [3.8, 4) is 0 Å². The third-order valence-corrected chi connectivity index (χ3v) is 5.27. The minimum absolute atomic E-state index is 0.313. The number of hydrogen-bond donors (Lipinski definition) is 0. The summed E-state index contributed by atoms with van der Waals surface area (Å²) in [7, 11) is -0.542. The first-order chi connectivity index (χ1) is 6.27. The average Bonchev–Trinajstić information content (AvgIpc) is 2.49. The highest BCUT2D eigenvalue weighted by Gasteiger charge is 2.36. The molecule has 1 aliphatic carbocycles. The molecule has 13 heavy (non-hydrogen) atoms. The maximum Gasteiger partial charge on any atom is 0.174 e. The van der Waals surface area contributed by atoms with E-state index >= 15 is 0 Å². The van der Waals surface area contributed by atoms with Crippen molar-refractivity contribution in [1.29, 1.82) is 0 Å². The molecular formula is C10H19O2P. The molecule has 2 nitrogen and oxygen atoms in total. The van der Waals surface area contributed by atoms with Crippen molar-refractivity contribution in [3.05, 3.63) is 0 Å². The van der Waals surface area contributed by atoms with Crippen LogP contribution in [0.1, 0.15) is 46.0 Å². The summed E-state index contributed by atoms with van der Waals surface area (Å²) < 4.78 is 11.7. The van der Waals surface area contributed by atoms with Crippen LogP contribution in [0.25, 0.3) is 0 Å². The molecule has 1 aliphatic heterocycles. The number of rotatable bonds is 1. The lowest BCUT2D eigenvalue weighted by atomic mass is 10.0. The van der Waals surface area contributed by atoms with Crippen molar-refractivity contribution in [2.75, 3.05) is 0 Å². The first-order valence-corrected chi connectivity index (χ1v) is 6.65. The largest absolute Gasteiger partial charge is 0.328 e. The Balaban J connectivity index is 1.87. The summed E-state index contributed by atoms with van der Waals surface area (Å²) in [5.74, 6) is 0. The van der Waals surface area contributed by atoms with Crippen molar-refractivity contribution < 1.29 is 9.05 Å². The normalized spacial score (nSPS) is 42.5. The van der Waals surface area contributed by atoms with Crippen LogP contribution >= 0.6 is 8.38 Å². The Bertz CT molecular complexity index is 158. The third kappa shape index (κ3) is 2.23. The summed E-state index contributed by atoms with van der Waals surface area (Å²) >= 11 is 0. The van der Waals surface area contributed by atoms with Crippen LogP contribution in [-0.2, 0) is 9.05 Å². The Morgan fingerprint density at radius 2 is 1.46 bits per heavy atom. The molecule has 0 bridgehead atoms. The Morgan fingerprint density at radius 3 is 2.00 bits per heavy atom. The molecule has 2 atom stereocenters. The molecule has 0 aromatic heterocycles. The van der Waals surface area contributed by atoms with Gasteiger partial charge in [0, 0.05) is 5.66 Å². The van der Waals surface area contributed by atoms with E-state index in [0.717, 1.165) is 5.66 Å². The van der Waals surface area contributed by atoms with Crippen LogP contribution in [0.15, 0.2) is 0 Å². The Labute approximate surface area is 81.9 Å². The van der Waals surface area contributed by atoms with Crippen LogP contribution < -0.4 is 0 Å². The molecule has 2 rings (SSSR count). The molecule has 2 unspecified atom stereocenters. The van der Waals surface area contributed by atoms with Gasteiger partial charge in [-0.2, -0.15) is 0 Å². The van der Waals surface area contributed by atoms with Crippen molar-refractivity contribution in [2.45, 2.75) is 63.8 Å². The van der Waals surface area contributed by atoms with Gasteiger partial charge in [0.1, 0.15) is 0 Å². The minimum atomic E-state index is -0.542. The molecule has 0 spiro atoms. The number of hydrogen-bond acceptors (Lipinski definition) is 2. The lowest BCUT2D eigenvalue weighted by Gasteiger charge is -2.25. The van der Waals surface area contributed by atoms with Gasteiger partial charge in [-0.15, -0.1) is 0 Å². The highest BCUT2D eigenvalue weighted by atomic mass is 31.2. The van der Waals surface area contributed by atoms with Crippen LogP contribution in [0.4, 0.5) is 0 Å². The van der Waals surface area contributed by atoms with E-state index in [0.29, 0.717) is 12.2 Å². The summed E-state index contributed by atoms with van der Waals surface area (Å²) in [4.78, 5) is 0. The van der Waals surface area contributed by atoms with Crippen LogP contribution in [0.3, 0.4) is 0 Å². The van der Waals surface area contributed by atoms with E-state index in [1.807, 2.05) is 0 Å². The van der Waals surface area contributed by atoms with E-state index in [1.54, 1.807) is 0 Å². The summed E-state index contributed by atoms with van der Waals surface area (Å²) in [5.41, 5.74) is 0.733. The first kappa shape index (κ1) is 9.89. The summed E-state index contributed by atoms with van der Waals surface area (Å²) in [6.45, 7) is 4.24. The molecule has 0 aromatic rings. The summed E-state index contributed by atoms with van der Waals surface area (Å²) in [6.07, 6.45) is 7.43. The van der Waals surface area contributed by atoms with Gasteiger partial charge in [0.05, 0.1) is 12.2 Å². The van der Waals surface area contributed by atoms with Crippen molar-refractivity contribution >= 4 is 8.38 Å². The molecule has 0 radical (unpaired) electrons. The predicted molar refractivity (Wildman–Crippen MR) is 54.9 cm³/mol. The quantitative estimate of drug-likeness (QED) is 0.606. The smallest absolute Gasteiger partial charge is 0.174 e. The lowest BCUT2D eigenvalue weighted by molar-refractivity contribution is 0.187. The second kappa shape index (κ2) is 4.25. The summed E-state index contributed by atoms with van der Waals surface area (Å²) in [6, 6.07) is 0. The predicted octanol–water partition coefficient (Wildman–Crippen LogP) is 3.45. The summed E-state index contributed by atoms with van der Waals surface area (Å²) in [5, 5.41) is 0. The molecule has 1 saturated heterocycles. The van der Waals surface area contributed by atoms with Crippen LogP contribution in [0, 0.1) is 0 Å². The standard InChI is InChI=1S/C10H19O2P/c1-8-9(2)12-13(11-8)10-6-4-3-5-7-10/h8-10H,3-7H2,1-2H3. The molecule has 76 valence electrons.